The van der Waals surface area contributed by atoms with E-state index < -0.39 is 5.97 Å². The molecule has 0 radical (unpaired) electrons. The Bertz CT molecular complexity index is 375. The fourth-order valence-corrected chi connectivity index (χ4v) is 4.37. The van der Waals surface area contributed by atoms with Gasteiger partial charge in [0.1, 0.15) is 0 Å². The molecule has 0 spiro atoms. The van der Waals surface area contributed by atoms with Crippen LogP contribution >= 0.6 is 0 Å². The number of carbonyl (C=O) groups is 1. The van der Waals surface area contributed by atoms with Crippen LogP contribution in [0.3, 0.4) is 0 Å². The van der Waals surface area contributed by atoms with Gasteiger partial charge in [-0.2, -0.15) is 0 Å². The van der Waals surface area contributed by atoms with E-state index in [1.807, 2.05) is 0 Å². The minimum Gasteiger partial charge on any atom is -0.481 e. The molecule has 1 N–H and O–H groups in total. The normalized spacial score (nSPS) is 36.3. The van der Waals surface area contributed by atoms with Crippen molar-refractivity contribution in [2.75, 3.05) is 13.1 Å². The van der Waals surface area contributed by atoms with Crippen molar-refractivity contribution < 1.29 is 14.6 Å². The number of morpholine rings is 1. The Morgan fingerprint density at radius 1 is 1.19 bits per heavy atom. The molecule has 2 rings (SSSR count). The van der Waals surface area contributed by atoms with E-state index in [0.717, 1.165) is 38.8 Å². The predicted octanol–water partition coefficient (Wildman–Crippen LogP) is 3.16. The highest BCUT2D eigenvalue weighted by Crippen LogP contribution is 2.38. The molecule has 0 aromatic rings. The number of aliphatic carboxylic acids is 1. The van der Waals surface area contributed by atoms with Gasteiger partial charge in [-0.05, 0) is 52.9 Å². The SMILES string of the molecule is CCC1CCC(C(=O)O)C(N2CC(C)(C)OC(C)(C)C2)C1. The molecule has 1 aliphatic carbocycles. The molecular formula is C17H31NO3. The van der Waals surface area contributed by atoms with E-state index in [2.05, 4.69) is 39.5 Å². The minimum atomic E-state index is -0.628. The molecule has 2 aliphatic rings. The zero-order valence-electron chi connectivity index (χ0n) is 14.2. The predicted molar refractivity (Wildman–Crippen MR) is 83.4 cm³/mol. The van der Waals surface area contributed by atoms with Crippen LogP contribution in [0.1, 0.15) is 60.3 Å². The first-order valence-corrected chi connectivity index (χ1v) is 8.30. The first-order chi connectivity index (χ1) is 9.63. The van der Waals surface area contributed by atoms with Crippen LogP contribution in [0.5, 0.6) is 0 Å². The molecule has 4 nitrogen and oxygen atoms in total. The van der Waals surface area contributed by atoms with Crippen molar-refractivity contribution in [2.24, 2.45) is 11.8 Å². The molecule has 0 aromatic heterocycles. The molecule has 1 heterocycles. The zero-order valence-corrected chi connectivity index (χ0v) is 14.2. The second kappa shape index (κ2) is 5.88. The van der Waals surface area contributed by atoms with Gasteiger partial charge in [-0.1, -0.05) is 13.3 Å². The molecule has 21 heavy (non-hydrogen) atoms. The highest BCUT2D eigenvalue weighted by Gasteiger charge is 2.45. The summed E-state index contributed by atoms with van der Waals surface area (Å²) in [5.74, 6) is -0.186. The molecule has 0 amide bonds. The van der Waals surface area contributed by atoms with Crippen molar-refractivity contribution in [1.82, 2.24) is 4.90 Å². The third kappa shape index (κ3) is 3.98. The van der Waals surface area contributed by atoms with Crippen molar-refractivity contribution in [3.05, 3.63) is 0 Å². The summed E-state index contributed by atoms with van der Waals surface area (Å²) in [6, 6.07) is 0.156. The summed E-state index contributed by atoms with van der Waals surface area (Å²) in [4.78, 5) is 14.1. The van der Waals surface area contributed by atoms with Crippen molar-refractivity contribution in [2.45, 2.75) is 77.5 Å². The van der Waals surface area contributed by atoms with E-state index in [9.17, 15) is 9.90 Å². The Morgan fingerprint density at radius 3 is 2.24 bits per heavy atom. The van der Waals surface area contributed by atoms with Gasteiger partial charge in [0, 0.05) is 19.1 Å². The number of carboxylic acid groups (broad SMARTS) is 1. The van der Waals surface area contributed by atoms with Crippen molar-refractivity contribution >= 4 is 5.97 Å². The van der Waals surface area contributed by atoms with Crippen LogP contribution < -0.4 is 0 Å². The van der Waals surface area contributed by atoms with Crippen LogP contribution in [-0.4, -0.2) is 46.3 Å². The summed E-state index contributed by atoms with van der Waals surface area (Å²) >= 11 is 0. The fourth-order valence-electron chi connectivity index (χ4n) is 4.37. The summed E-state index contributed by atoms with van der Waals surface area (Å²) < 4.78 is 6.14. The molecule has 3 unspecified atom stereocenters. The number of hydrogen-bond acceptors (Lipinski definition) is 3. The Kier molecular flexibility index (Phi) is 4.69. The van der Waals surface area contributed by atoms with Crippen LogP contribution in [0.4, 0.5) is 0 Å². The monoisotopic (exact) mass is 297 g/mol. The van der Waals surface area contributed by atoms with Gasteiger partial charge in [-0.25, -0.2) is 0 Å². The number of nitrogens with zero attached hydrogens (tertiary/aromatic N) is 1. The zero-order chi connectivity index (χ0) is 15.8. The second-order valence-corrected chi connectivity index (χ2v) is 8.13. The molecule has 1 aliphatic heterocycles. The van der Waals surface area contributed by atoms with Crippen molar-refractivity contribution in [1.29, 1.82) is 0 Å². The van der Waals surface area contributed by atoms with Gasteiger partial charge in [0.15, 0.2) is 0 Å². The van der Waals surface area contributed by atoms with E-state index >= 15 is 0 Å². The molecule has 0 aromatic carbocycles. The highest BCUT2D eigenvalue weighted by molar-refractivity contribution is 5.71. The smallest absolute Gasteiger partial charge is 0.308 e. The maximum absolute atomic E-state index is 11.7. The molecule has 4 heteroatoms. The Morgan fingerprint density at radius 2 is 1.76 bits per heavy atom. The molecule has 1 saturated heterocycles. The summed E-state index contributed by atoms with van der Waals surface area (Å²) in [5.41, 5.74) is -0.437. The second-order valence-electron chi connectivity index (χ2n) is 8.13. The van der Waals surface area contributed by atoms with Gasteiger partial charge in [0.2, 0.25) is 0 Å². The summed E-state index contributed by atoms with van der Waals surface area (Å²) in [7, 11) is 0. The van der Waals surface area contributed by atoms with E-state index in [4.69, 9.17) is 4.74 Å². The fraction of sp³-hybridized carbons (Fsp3) is 0.941. The molecular weight excluding hydrogens is 266 g/mol. The van der Waals surface area contributed by atoms with E-state index in [0.29, 0.717) is 5.92 Å². The lowest BCUT2D eigenvalue weighted by atomic mass is 9.75. The third-order valence-electron chi connectivity index (χ3n) is 5.01. The first kappa shape index (κ1) is 16.8. The molecule has 0 bridgehead atoms. The minimum absolute atomic E-state index is 0.156. The van der Waals surface area contributed by atoms with Gasteiger partial charge in [-0.15, -0.1) is 0 Å². The number of ether oxygens (including phenoxy) is 1. The van der Waals surface area contributed by atoms with Crippen LogP contribution in [0, 0.1) is 11.8 Å². The topological polar surface area (TPSA) is 49.8 Å². The lowest BCUT2D eigenvalue weighted by Gasteiger charge is -2.52. The van der Waals surface area contributed by atoms with Crippen LogP contribution in [-0.2, 0) is 9.53 Å². The number of hydrogen-bond donors (Lipinski definition) is 1. The average Bonchev–Trinajstić information content (AvgIpc) is 2.34. The number of carboxylic acids is 1. The van der Waals surface area contributed by atoms with Crippen LogP contribution in [0.25, 0.3) is 0 Å². The third-order valence-corrected chi connectivity index (χ3v) is 5.01. The van der Waals surface area contributed by atoms with Crippen LogP contribution in [0.15, 0.2) is 0 Å². The van der Waals surface area contributed by atoms with Crippen molar-refractivity contribution in [3.8, 4) is 0 Å². The Hall–Kier alpha value is -0.610. The molecule has 2 fully saturated rings. The van der Waals surface area contributed by atoms with E-state index in [-0.39, 0.29) is 23.2 Å². The first-order valence-electron chi connectivity index (χ1n) is 8.30. The summed E-state index contributed by atoms with van der Waals surface area (Å²) in [6.45, 7) is 12.3. The van der Waals surface area contributed by atoms with Crippen LogP contribution in [0.2, 0.25) is 0 Å². The van der Waals surface area contributed by atoms with Gasteiger partial charge < -0.3 is 9.84 Å². The number of rotatable bonds is 3. The maximum atomic E-state index is 11.7. The summed E-state index contributed by atoms with van der Waals surface area (Å²) in [6.07, 6.45) is 4.04. The lowest BCUT2D eigenvalue weighted by Crippen LogP contribution is -2.62. The largest absolute Gasteiger partial charge is 0.481 e. The highest BCUT2D eigenvalue weighted by atomic mass is 16.5. The van der Waals surface area contributed by atoms with E-state index in [1.165, 1.54) is 0 Å². The molecule has 3 atom stereocenters. The Balaban J connectivity index is 2.20. The Labute approximate surface area is 128 Å². The lowest BCUT2D eigenvalue weighted by molar-refractivity contribution is -0.196. The van der Waals surface area contributed by atoms with Crippen molar-refractivity contribution in [3.63, 3.8) is 0 Å². The van der Waals surface area contributed by atoms with Gasteiger partial charge in [0.05, 0.1) is 17.1 Å². The standard InChI is InChI=1S/C17H31NO3/c1-6-12-7-8-13(15(19)20)14(9-12)18-10-16(2,3)21-17(4,5)11-18/h12-14H,6-11H2,1-5H3,(H,19,20). The van der Waals surface area contributed by atoms with Gasteiger partial charge in [-0.3, -0.25) is 9.69 Å². The van der Waals surface area contributed by atoms with E-state index in [1.54, 1.807) is 0 Å². The average molecular weight is 297 g/mol. The molecule has 122 valence electrons. The molecule has 1 saturated carbocycles. The summed E-state index contributed by atoms with van der Waals surface area (Å²) in [5, 5.41) is 9.60. The van der Waals surface area contributed by atoms with Gasteiger partial charge in [0.25, 0.3) is 0 Å². The quantitative estimate of drug-likeness (QED) is 0.869. The maximum Gasteiger partial charge on any atom is 0.308 e. The van der Waals surface area contributed by atoms with Gasteiger partial charge >= 0.3 is 5.97 Å².